The summed E-state index contributed by atoms with van der Waals surface area (Å²) in [5, 5.41) is 10.7. The molecule has 0 aromatic carbocycles. The van der Waals surface area contributed by atoms with Crippen LogP contribution in [0.25, 0.3) is 0 Å². The van der Waals surface area contributed by atoms with E-state index < -0.39 is 0 Å². The van der Waals surface area contributed by atoms with Gasteiger partial charge in [-0.1, -0.05) is 24.9 Å². The highest BCUT2D eigenvalue weighted by Gasteiger charge is 2.26. The first-order valence-corrected chi connectivity index (χ1v) is 9.74. The Labute approximate surface area is 143 Å². The van der Waals surface area contributed by atoms with Gasteiger partial charge in [-0.3, -0.25) is 0 Å². The molecule has 0 aliphatic heterocycles. The molecule has 1 saturated carbocycles. The molecule has 2 unspecified atom stereocenters. The quantitative estimate of drug-likeness (QED) is 0.745. The Hall–Kier alpha value is -1.17. The van der Waals surface area contributed by atoms with E-state index in [2.05, 4.69) is 22.7 Å². The van der Waals surface area contributed by atoms with E-state index in [1.165, 1.54) is 24.8 Å². The molecule has 1 fully saturated rings. The number of nitrogens with zero attached hydrogens (tertiary/aromatic N) is 1. The Morgan fingerprint density at radius 3 is 2.83 bits per heavy atom. The maximum atomic E-state index is 12.1. The lowest BCUT2D eigenvalue weighted by molar-refractivity contribution is 0.233. The average molecular weight is 340 g/mol. The first kappa shape index (κ1) is 18.2. The maximum absolute atomic E-state index is 12.1. The number of amides is 2. The second kappa shape index (κ2) is 9.21. The van der Waals surface area contributed by atoms with Crippen molar-refractivity contribution in [1.29, 1.82) is 0 Å². The summed E-state index contributed by atoms with van der Waals surface area (Å²) in [4.78, 5) is 12.1. The van der Waals surface area contributed by atoms with Gasteiger partial charge >= 0.3 is 6.03 Å². The molecular weight excluding hydrogens is 310 g/mol. The molecule has 1 heterocycles. The van der Waals surface area contributed by atoms with Crippen molar-refractivity contribution in [2.45, 2.75) is 70.6 Å². The Kier molecular flexibility index (Phi) is 7.27. The largest absolute Gasteiger partial charge is 0.361 e. The van der Waals surface area contributed by atoms with Gasteiger partial charge < -0.3 is 15.2 Å². The van der Waals surface area contributed by atoms with Crippen molar-refractivity contribution in [3.63, 3.8) is 0 Å². The fourth-order valence-corrected chi connectivity index (χ4v) is 4.42. The van der Waals surface area contributed by atoms with Crippen LogP contribution < -0.4 is 10.6 Å². The number of urea groups is 1. The van der Waals surface area contributed by atoms with Gasteiger partial charge in [-0.2, -0.15) is 11.8 Å². The third-order valence-corrected chi connectivity index (χ3v) is 5.80. The number of rotatable bonds is 7. The number of carbonyl (C=O) groups excluding carboxylic acids is 1. The smallest absolute Gasteiger partial charge is 0.315 e. The molecule has 0 saturated heterocycles. The van der Waals surface area contributed by atoms with Crippen LogP contribution in [0, 0.1) is 13.8 Å². The van der Waals surface area contributed by atoms with Gasteiger partial charge in [-0.15, -0.1) is 0 Å². The van der Waals surface area contributed by atoms with Gasteiger partial charge in [0, 0.05) is 23.4 Å². The van der Waals surface area contributed by atoms with Crippen LogP contribution in [-0.4, -0.2) is 34.8 Å². The van der Waals surface area contributed by atoms with Crippen molar-refractivity contribution in [2.75, 3.05) is 12.3 Å². The Balaban J connectivity index is 1.68. The molecular formula is C17H29N3O2S. The van der Waals surface area contributed by atoms with Crippen LogP contribution in [0.1, 0.15) is 56.0 Å². The van der Waals surface area contributed by atoms with E-state index in [9.17, 15) is 4.79 Å². The minimum atomic E-state index is -0.0302. The number of hydrogen-bond acceptors (Lipinski definition) is 4. The topological polar surface area (TPSA) is 67.2 Å². The van der Waals surface area contributed by atoms with E-state index in [0.717, 1.165) is 36.5 Å². The maximum Gasteiger partial charge on any atom is 0.315 e. The van der Waals surface area contributed by atoms with Crippen LogP contribution in [0.4, 0.5) is 4.79 Å². The Morgan fingerprint density at radius 2 is 2.13 bits per heavy atom. The molecule has 0 radical (unpaired) electrons. The van der Waals surface area contributed by atoms with E-state index in [0.29, 0.717) is 17.8 Å². The van der Waals surface area contributed by atoms with Crippen LogP contribution >= 0.6 is 11.8 Å². The van der Waals surface area contributed by atoms with Crippen LogP contribution in [0.5, 0.6) is 0 Å². The number of nitrogens with one attached hydrogen (secondary N) is 2. The molecule has 130 valence electrons. The summed E-state index contributed by atoms with van der Waals surface area (Å²) in [6, 6.07) is 0.286. The number of aromatic nitrogens is 1. The third-order valence-electron chi connectivity index (χ3n) is 4.47. The molecule has 2 rings (SSSR count). The molecule has 1 aromatic rings. The molecule has 23 heavy (non-hydrogen) atoms. The normalized spacial score (nSPS) is 21.2. The van der Waals surface area contributed by atoms with Crippen molar-refractivity contribution in [3.8, 4) is 0 Å². The lowest BCUT2D eigenvalue weighted by atomic mass is 9.95. The van der Waals surface area contributed by atoms with Crippen LogP contribution in [-0.2, 0) is 6.42 Å². The number of carbonyl (C=O) groups is 1. The number of aryl methyl sites for hydroxylation is 2. The summed E-state index contributed by atoms with van der Waals surface area (Å²) in [7, 11) is 0. The second-order valence-electron chi connectivity index (χ2n) is 6.19. The van der Waals surface area contributed by atoms with Crippen molar-refractivity contribution < 1.29 is 9.32 Å². The summed E-state index contributed by atoms with van der Waals surface area (Å²) in [6.07, 6.45) is 6.61. The molecule has 1 aromatic heterocycles. The molecule has 1 aliphatic rings. The zero-order valence-corrected chi connectivity index (χ0v) is 15.3. The highest BCUT2D eigenvalue weighted by Crippen LogP contribution is 2.28. The van der Waals surface area contributed by atoms with Crippen molar-refractivity contribution in [1.82, 2.24) is 15.8 Å². The minimum absolute atomic E-state index is 0.0302. The lowest BCUT2D eigenvalue weighted by Crippen LogP contribution is -2.48. The summed E-state index contributed by atoms with van der Waals surface area (Å²) < 4.78 is 5.16. The van der Waals surface area contributed by atoms with Crippen molar-refractivity contribution in [2.24, 2.45) is 0 Å². The molecule has 0 spiro atoms. The summed E-state index contributed by atoms with van der Waals surface area (Å²) >= 11 is 1.97. The van der Waals surface area contributed by atoms with Gasteiger partial charge in [0.15, 0.2) is 0 Å². The van der Waals surface area contributed by atoms with Crippen LogP contribution in [0.15, 0.2) is 4.52 Å². The highest BCUT2D eigenvalue weighted by atomic mass is 32.2. The first-order chi connectivity index (χ1) is 11.1. The predicted octanol–water partition coefficient (Wildman–Crippen LogP) is 3.59. The van der Waals surface area contributed by atoms with Crippen molar-refractivity contribution >= 4 is 17.8 Å². The molecule has 6 heteroatoms. The monoisotopic (exact) mass is 339 g/mol. The highest BCUT2D eigenvalue weighted by molar-refractivity contribution is 7.99. The lowest BCUT2D eigenvalue weighted by Gasteiger charge is -2.31. The summed E-state index contributed by atoms with van der Waals surface area (Å²) in [5.41, 5.74) is 2.12. The van der Waals surface area contributed by atoms with Gasteiger partial charge in [0.05, 0.1) is 5.69 Å². The van der Waals surface area contributed by atoms with Gasteiger partial charge in [0.1, 0.15) is 5.76 Å². The third kappa shape index (κ3) is 5.44. The van der Waals surface area contributed by atoms with E-state index in [1.807, 2.05) is 25.6 Å². The molecule has 2 atom stereocenters. The summed E-state index contributed by atoms with van der Waals surface area (Å²) in [6.45, 7) is 6.75. The van der Waals surface area contributed by atoms with Gasteiger partial charge in [-0.05, 0) is 45.3 Å². The first-order valence-electron chi connectivity index (χ1n) is 8.69. The van der Waals surface area contributed by atoms with Gasteiger partial charge in [0.2, 0.25) is 0 Å². The zero-order valence-electron chi connectivity index (χ0n) is 14.5. The molecule has 2 N–H and O–H groups in total. The second-order valence-corrected chi connectivity index (χ2v) is 7.71. The fraction of sp³-hybridized carbons (Fsp3) is 0.765. The molecule has 5 nitrogen and oxygen atoms in total. The van der Waals surface area contributed by atoms with Gasteiger partial charge in [-0.25, -0.2) is 4.79 Å². The number of thioether (sulfide) groups is 1. The predicted molar refractivity (Wildman–Crippen MR) is 95.0 cm³/mol. The standard InChI is InChI=1S/C17H29N3O2S/c1-4-23-16-10-6-5-9-15(16)19-17(21)18-11-7-8-14-12(2)20-22-13(14)3/h15-16H,4-11H2,1-3H3,(H2,18,19,21). The SMILES string of the molecule is CCSC1CCCCC1NC(=O)NCCCc1c(C)noc1C. The van der Waals surface area contributed by atoms with Crippen LogP contribution in [0.3, 0.4) is 0 Å². The average Bonchev–Trinajstić information content (AvgIpc) is 2.85. The van der Waals surface area contributed by atoms with E-state index >= 15 is 0 Å². The Bertz CT molecular complexity index is 483. The minimum Gasteiger partial charge on any atom is -0.361 e. The van der Waals surface area contributed by atoms with E-state index in [-0.39, 0.29) is 6.03 Å². The molecule has 0 bridgehead atoms. The Morgan fingerprint density at radius 1 is 1.35 bits per heavy atom. The van der Waals surface area contributed by atoms with Crippen molar-refractivity contribution in [3.05, 3.63) is 17.0 Å². The molecule has 2 amide bonds. The number of hydrogen-bond donors (Lipinski definition) is 2. The fourth-order valence-electron chi connectivity index (χ4n) is 3.22. The summed E-state index contributed by atoms with van der Waals surface area (Å²) in [5.74, 6) is 2.00. The van der Waals surface area contributed by atoms with Gasteiger partial charge in [0.25, 0.3) is 0 Å². The van der Waals surface area contributed by atoms with E-state index in [1.54, 1.807) is 0 Å². The molecule has 1 aliphatic carbocycles. The zero-order chi connectivity index (χ0) is 16.7. The van der Waals surface area contributed by atoms with Crippen LogP contribution in [0.2, 0.25) is 0 Å². The van der Waals surface area contributed by atoms with E-state index in [4.69, 9.17) is 4.52 Å².